The van der Waals surface area contributed by atoms with Crippen LogP contribution in [-0.2, 0) is 9.59 Å². The Labute approximate surface area is 141 Å². The first-order valence-corrected chi connectivity index (χ1v) is 9.16. The molecule has 2 aromatic rings. The van der Waals surface area contributed by atoms with Crippen molar-refractivity contribution in [2.24, 2.45) is 11.7 Å². The van der Waals surface area contributed by atoms with Crippen molar-refractivity contribution in [2.75, 3.05) is 18.8 Å². The number of nitrogens with two attached hydrogens (primary N) is 1. The van der Waals surface area contributed by atoms with E-state index in [1.807, 2.05) is 17.5 Å². The summed E-state index contributed by atoms with van der Waals surface area (Å²) in [5.74, 6) is 0.397. The van der Waals surface area contributed by atoms with Gasteiger partial charge in [0, 0.05) is 13.1 Å². The molecular weight excluding hydrogens is 334 g/mol. The van der Waals surface area contributed by atoms with Crippen LogP contribution in [0, 0.1) is 5.92 Å². The summed E-state index contributed by atoms with van der Waals surface area (Å²) in [4.78, 5) is 30.6. The average Bonchev–Trinajstić information content (AvgIpc) is 3.23. The van der Waals surface area contributed by atoms with Gasteiger partial charge in [0.25, 0.3) is 0 Å². The number of carbonyl (C=O) groups excluding carboxylic acids is 2. The molecule has 1 unspecified atom stereocenters. The third-order valence-electron chi connectivity index (χ3n) is 3.72. The molecule has 0 spiro atoms. The number of amides is 2. The molecule has 3 N–H and O–H groups in total. The van der Waals surface area contributed by atoms with E-state index in [4.69, 9.17) is 5.73 Å². The molecule has 1 aliphatic heterocycles. The molecule has 1 fully saturated rings. The van der Waals surface area contributed by atoms with Crippen molar-refractivity contribution in [1.82, 2.24) is 20.1 Å². The van der Waals surface area contributed by atoms with Crippen molar-refractivity contribution in [1.29, 1.82) is 0 Å². The van der Waals surface area contributed by atoms with Gasteiger partial charge in [0.05, 0.1) is 16.5 Å². The molecule has 3 heterocycles. The van der Waals surface area contributed by atoms with E-state index in [1.54, 1.807) is 16.2 Å². The first kappa shape index (κ1) is 16.0. The minimum atomic E-state index is -0.329. The summed E-state index contributed by atoms with van der Waals surface area (Å²) in [7, 11) is 0. The Balaban J connectivity index is 1.54. The lowest BCUT2D eigenvalue weighted by molar-refractivity contribution is -0.132. The molecule has 0 bridgehead atoms. The molecule has 0 aliphatic carbocycles. The van der Waals surface area contributed by atoms with Crippen LogP contribution in [0.25, 0.3) is 10.7 Å². The quantitative estimate of drug-likeness (QED) is 0.791. The standard InChI is InChI=1S/C14H17N5O2S2/c15-12(21)9-3-1-5-19(7-9)11(20)8-23-14-16-13(17-18-14)10-4-2-6-22-10/h2,4,6,9H,1,3,5,7-8H2,(H2,15,21)(H,16,17,18). The van der Waals surface area contributed by atoms with E-state index >= 15 is 0 Å². The number of carbonyl (C=O) groups is 2. The zero-order valence-corrected chi connectivity index (χ0v) is 14.0. The van der Waals surface area contributed by atoms with Gasteiger partial charge in [-0.15, -0.1) is 16.4 Å². The maximum absolute atomic E-state index is 12.3. The van der Waals surface area contributed by atoms with Crippen LogP contribution in [-0.4, -0.2) is 50.7 Å². The predicted octanol–water partition coefficient (Wildman–Crippen LogP) is 1.35. The van der Waals surface area contributed by atoms with Crippen LogP contribution in [0.5, 0.6) is 0 Å². The summed E-state index contributed by atoms with van der Waals surface area (Å²) >= 11 is 2.87. The number of H-pyrrole nitrogens is 1. The van der Waals surface area contributed by atoms with Crippen LogP contribution < -0.4 is 5.73 Å². The highest BCUT2D eigenvalue weighted by Crippen LogP contribution is 2.24. The summed E-state index contributed by atoms with van der Waals surface area (Å²) in [6.45, 7) is 1.10. The van der Waals surface area contributed by atoms with Gasteiger partial charge < -0.3 is 10.6 Å². The fourth-order valence-corrected chi connectivity index (χ4v) is 3.85. The second-order valence-corrected chi connectivity index (χ2v) is 7.20. The van der Waals surface area contributed by atoms with Crippen molar-refractivity contribution in [3.05, 3.63) is 17.5 Å². The Morgan fingerprint density at radius 1 is 1.52 bits per heavy atom. The largest absolute Gasteiger partial charge is 0.369 e. The van der Waals surface area contributed by atoms with E-state index in [1.165, 1.54) is 11.8 Å². The summed E-state index contributed by atoms with van der Waals surface area (Å²) in [6, 6.07) is 3.91. The van der Waals surface area contributed by atoms with Gasteiger partial charge in [-0.3, -0.25) is 14.7 Å². The molecule has 0 radical (unpaired) electrons. The Morgan fingerprint density at radius 3 is 3.13 bits per heavy atom. The zero-order chi connectivity index (χ0) is 16.2. The van der Waals surface area contributed by atoms with Gasteiger partial charge in [0.2, 0.25) is 17.0 Å². The molecule has 1 saturated heterocycles. The van der Waals surface area contributed by atoms with Crippen LogP contribution in [0.1, 0.15) is 12.8 Å². The number of thiophene rings is 1. The maximum atomic E-state index is 12.3. The molecule has 2 amide bonds. The number of thioether (sulfide) groups is 1. The summed E-state index contributed by atoms with van der Waals surface area (Å²) < 4.78 is 0. The smallest absolute Gasteiger partial charge is 0.233 e. The lowest BCUT2D eigenvalue weighted by Crippen LogP contribution is -2.44. The number of likely N-dealkylation sites (tertiary alicyclic amines) is 1. The number of rotatable bonds is 5. The van der Waals surface area contributed by atoms with Crippen molar-refractivity contribution in [3.63, 3.8) is 0 Å². The summed E-state index contributed by atoms with van der Waals surface area (Å²) in [6.07, 6.45) is 1.57. The van der Waals surface area contributed by atoms with Crippen LogP contribution in [0.4, 0.5) is 0 Å². The van der Waals surface area contributed by atoms with Gasteiger partial charge in [-0.2, -0.15) is 0 Å². The maximum Gasteiger partial charge on any atom is 0.233 e. The Bertz CT molecular complexity index is 685. The fraction of sp³-hybridized carbons (Fsp3) is 0.429. The van der Waals surface area contributed by atoms with Crippen LogP contribution in [0.15, 0.2) is 22.7 Å². The molecule has 122 valence electrons. The molecule has 3 rings (SSSR count). The number of aromatic nitrogens is 3. The molecular formula is C14H17N5O2S2. The van der Waals surface area contributed by atoms with Crippen LogP contribution in [0.2, 0.25) is 0 Å². The highest BCUT2D eigenvalue weighted by atomic mass is 32.2. The zero-order valence-electron chi connectivity index (χ0n) is 12.4. The first-order valence-electron chi connectivity index (χ1n) is 7.29. The number of aromatic amines is 1. The lowest BCUT2D eigenvalue weighted by atomic mass is 9.97. The van der Waals surface area contributed by atoms with E-state index in [-0.39, 0.29) is 23.5 Å². The molecule has 0 aromatic carbocycles. The van der Waals surface area contributed by atoms with Crippen LogP contribution in [0.3, 0.4) is 0 Å². The number of hydrogen-bond acceptors (Lipinski definition) is 6. The Morgan fingerprint density at radius 2 is 2.39 bits per heavy atom. The van der Waals surface area contributed by atoms with Gasteiger partial charge in [0.1, 0.15) is 0 Å². The van der Waals surface area contributed by atoms with Crippen molar-refractivity contribution < 1.29 is 9.59 Å². The van der Waals surface area contributed by atoms with Gasteiger partial charge in [0.15, 0.2) is 5.82 Å². The third kappa shape index (κ3) is 3.91. The van der Waals surface area contributed by atoms with E-state index in [9.17, 15) is 9.59 Å². The van der Waals surface area contributed by atoms with Crippen LogP contribution >= 0.6 is 23.1 Å². The predicted molar refractivity (Wildman–Crippen MR) is 88.9 cm³/mol. The van der Waals surface area contributed by atoms with E-state index < -0.39 is 0 Å². The second-order valence-electron chi connectivity index (χ2n) is 5.31. The van der Waals surface area contributed by atoms with E-state index in [0.29, 0.717) is 24.1 Å². The topological polar surface area (TPSA) is 105 Å². The van der Waals surface area contributed by atoms with Crippen molar-refractivity contribution >= 4 is 34.9 Å². The number of hydrogen-bond donors (Lipinski definition) is 2. The monoisotopic (exact) mass is 351 g/mol. The van der Waals surface area contributed by atoms with Gasteiger partial charge >= 0.3 is 0 Å². The van der Waals surface area contributed by atoms with E-state index in [0.717, 1.165) is 17.7 Å². The van der Waals surface area contributed by atoms with Crippen molar-refractivity contribution in [3.8, 4) is 10.7 Å². The van der Waals surface area contributed by atoms with Crippen molar-refractivity contribution in [2.45, 2.75) is 18.0 Å². The highest BCUT2D eigenvalue weighted by Gasteiger charge is 2.27. The lowest BCUT2D eigenvalue weighted by Gasteiger charge is -2.31. The minimum Gasteiger partial charge on any atom is -0.369 e. The molecule has 0 saturated carbocycles. The highest BCUT2D eigenvalue weighted by molar-refractivity contribution is 7.99. The molecule has 1 aliphatic rings. The third-order valence-corrected chi connectivity index (χ3v) is 5.43. The molecule has 1 atom stereocenters. The Hall–Kier alpha value is -1.87. The number of piperidine rings is 1. The number of nitrogens with zero attached hydrogens (tertiary/aromatic N) is 3. The summed E-state index contributed by atoms with van der Waals surface area (Å²) in [5, 5.41) is 9.52. The average molecular weight is 351 g/mol. The molecule has 7 nitrogen and oxygen atoms in total. The Kier molecular flexibility index (Phi) is 4.97. The normalized spacial score (nSPS) is 18.1. The van der Waals surface area contributed by atoms with Gasteiger partial charge in [-0.05, 0) is 24.3 Å². The molecule has 23 heavy (non-hydrogen) atoms. The van der Waals surface area contributed by atoms with Gasteiger partial charge in [-0.25, -0.2) is 4.98 Å². The summed E-state index contributed by atoms with van der Waals surface area (Å²) in [5.41, 5.74) is 5.34. The molecule has 9 heteroatoms. The fourth-order valence-electron chi connectivity index (χ4n) is 2.49. The number of primary amides is 1. The first-order chi connectivity index (χ1) is 11.1. The SMILES string of the molecule is NC(=O)C1CCCN(C(=O)CSc2n[nH]c(-c3cccs3)n2)C1. The number of nitrogens with one attached hydrogen (secondary N) is 1. The second kappa shape index (κ2) is 7.14. The van der Waals surface area contributed by atoms with E-state index in [2.05, 4.69) is 15.2 Å². The molecule has 2 aromatic heterocycles. The minimum absolute atomic E-state index is 0.0107. The van der Waals surface area contributed by atoms with Gasteiger partial charge in [-0.1, -0.05) is 17.8 Å².